The SMILES string of the molecule is CC(C)NCC/C=C/N.CCOC(=O)CNC(C)/N=C(/c1ccccc1)c1cc(Cl)ccc1N(C)C=O. The number of nitrogens with one attached hydrogen (secondary N) is 2. The van der Waals surface area contributed by atoms with E-state index in [0.29, 0.717) is 29.1 Å². The van der Waals surface area contributed by atoms with E-state index in [9.17, 15) is 9.59 Å². The molecule has 202 valence electrons. The molecule has 9 heteroatoms. The fraction of sp³-hybridized carbons (Fsp3) is 0.393. The molecular weight excluding hydrogens is 490 g/mol. The van der Waals surface area contributed by atoms with E-state index >= 15 is 0 Å². The molecule has 8 nitrogen and oxygen atoms in total. The number of benzene rings is 2. The zero-order valence-corrected chi connectivity index (χ0v) is 23.2. The van der Waals surface area contributed by atoms with Crippen molar-refractivity contribution in [2.75, 3.05) is 31.6 Å². The van der Waals surface area contributed by atoms with Crippen molar-refractivity contribution in [2.45, 2.75) is 46.3 Å². The average Bonchev–Trinajstić information content (AvgIpc) is 2.89. The Morgan fingerprint density at radius 1 is 1.16 bits per heavy atom. The summed E-state index contributed by atoms with van der Waals surface area (Å²) in [4.78, 5) is 29.2. The van der Waals surface area contributed by atoms with Gasteiger partial charge in [-0.2, -0.15) is 0 Å². The van der Waals surface area contributed by atoms with Crippen molar-refractivity contribution in [2.24, 2.45) is 10.7 Å². The monoisotopic (exact) mass is 529 g/mol. The van der Waals surface area contributed by atoms with E-state index in [1.54, 1.807) is 38.4 Å². The molecular formula is C28H40ClN5O3. The van der Waals surface area contributed by atoms with Crippen LogP contribution in [0.4, 0.5) is 5.69 Å². The Kier molecular flexibility index (Phi) is 15.6. The molecule has 0 bridgehead atoms. The quantitative estimate of drug-likeness (QED) is 0.156. The van der Waals surface area contributed by atoms with Crippen LogP contribution in [0.15, 0.2) is 65.8 Å². The molecule has 0 spiro atoms. The molecule has 0 heterocycles. The number of ether oxygens (including phenoxy) is 1. The normalized spacial score (nSPS) is 12.1. The van der Waals surface area contributed by atoms with Crippen molar-refractivity contribution in [3.05, 3.63) is 77.0 Å². The third-order valence-electron chi connectivity index (χ3n) is 4.97. The van der Waals surface area contributed by atoms with E-state index in [1.165, 1.54) is 4.90 Å². The molecule has 0 fully saturated rings. The molecule has 0 aromatic heterocycles. The molecule has 2 rings (SSSR count). The van der Waals surface area contributed by atoms with E-state index in [0.717, 1.165) is 30.5 Å². The lowest BCUT2D eigenvalue weighted by Gasteiger charge is -2.20. The molecule has 4 N–H and O–H groups in total. The summed E-state index contributed by atoms with van der Waals surface area (Å²) in [5.74, 6) is -0.338. The molecule has 0 saturated carbocycles. The second kappa shape index (κ2) is 18.1. The molecule has 37 heavy (non-hydrogen) atoms. The van der Waals surface area contributed by atoms with Crippen LogP contribution in [0, 0.1) is 0 Å². The number of rotatable bonds is 13. The largest absolute Gasteiger partial charge is 0.465 e. The van der Waals surface area contributed by atoms with Gasteiger partial charge in [0.1, 0.15) is 0 Å². The van der Waals surface area contributed by atoms with Crippen LogP contribution < -0.4 is 21.3 Å². The van der Waals surface area contributed by atoms with E-state index in [4.69, 9.17) is 27.1 Å². The second-order valence-electron chi connectivity index (χ2n) is 8.41. The predicted molar refractivity (Wildman–Crippen MR) is 153 cm³/mol. The van der Waals surface area contributed by atoms with Gasteiger partial charge in [0.15, 0.2) is 0 Å². The smallest absolute Gasteiger partial charge is 0.319 e. The van der Waals surface area contributed by atoms with Crippen LogP contribution in [0.1, 0.15) is 45.2 Å². The van der Waals surface area contributed by atoms with Crippen molar-refractivity contribution >= 4 is 35.4 Å². The number of esters is 1. The molecule has 2 aromatic carbocycles. The minimum Gasteiger partial charge on any atom is -0.465 e. The standard InChI is InChI=1S/C21H24ClN3O3.C7H16N2/c1-4-28-20(27)13-23-15(2)24-21(16-8-6-5-7-9-16)18-12-17(22)10-11-19(18)25(3)14-26;1-7(2)9-6-4-3-5-8/h5-12,14-15,23H,4,13H2,1-3H3;3,5,7,9H,4,6,8H2,1-2H3/b24-21-;5-3+. The van der Waals surface area contributed by atoms with E-state index in [-0.39, 0.29) is 18.7 Å². The molecule has 1 atom stereocenters. The first-order valence-electron chi connectivity index (χ1n) is 12.3. The highest BCUT2D eigenvalue weighted by molar-refractivity contribution is 6.31. The van der Waals surface area contributed by atoms with Crippen LogP contribution in [0.2, 0.25) is 5.02 Å². The Morgan fingerprint density at radius 2 is 1.86 bits per heavy atom. The highest BCUT2D eigenvalue weighted by atomic mass is 35.5. The number of hydrogen-bond acceptors (Lipinski definition) is 7. The molecule has 2 aromatic rings. The maximum absolute atomic E-state index is 11.6. The van der Waals surface area contributed by atoms with E-state index in [2.05, 4.69) is 24.5 Å². The van der Waals surface area contributed by atoms with Gasteiger partial charge in [0, 0.05) is 29.2 Å². The van der Waals surface area contributed by atoms with Crippen molar-refractivity contribution < 1.29 is 14.3 Å². The Bertz CT molecular complexity index is 1010. The van der Waals surface area contributed by atoms with Crippen LogP contribution in [0.5, 0.6) is 0 Å². The molecule has 0 aliphatic carbocycles. The minimum atomic E-state index is -0.368. The molecule has 0 aliphatic rings. The maximum Gasteiger partial charge on any atom is 0.319 e. The number of hydrogen-bond donors (Lipinski definition) is 3. The third kappa shape index (κ3) is 12.5. The summed E-state index contributed by atoms with van der Waals surface area (Å²) >= 11 is 6.23. The Balaban J connectivity index is 0.000000649. The lowest BCUT2D eigenvalue weighted by molar-refractivity contribution is -0.142. The predicted octanol–water partition coefficient (Wildman–Crippen LogP) is 4.12. The first kappa shape index (κ1) is 31.8. The van der Waals surface area contributed by atoms with Gasteiger partial charge in [-0.1, -0.05) is 61.9 Å². The van der Waals surface area contributed by atoms with Crippen LogP contribution in [0.25, 0.3) is 0 Å². The van der Waals surface area contributed by atoms with Gasteiger partial charge in [-0.25, -0.2) is 0 Å². The highest BCUT2D eigenvalue weighted by Gasteiger charge is 2.17. The topological polar surface area (TPSA) is 109 Å². The van der Waals surface area contributed by atoms with Crippen LogP contribution >= 0.6 is 11.6 Å². The lowest BCUT2D eigenvalue weighted by Crippen LogP contribution is -2.32. The Labute approximate surface area is 225 Å². The van der Waals surface area contributed by atoms with E-state index in [1.807, 2.05) is 43.3 Å². The van der Waals surface area contributed by atoms with E-state index < -0.39 is 0 Å². The Hall–Kier alpha value is -3.20. The zero-order chi connectivity index (χ0) is 27.6. The first-order chi connectivity index (χ1) is 17.7. The number of halogens is 1. The Morgan fingerprint density at radius 3 is 2.46 bits per heavy atom. The molecule has 0 aliphatic heterocycles. The van der Waals surface area contributed by atoms with Crippen LogP contribution in [-0.4, -0.2) is 57.0 Å². The van der Waals surface area contributed by atoms with Gasteiger partial charge in [-0.3, -0.25) is 19.9 Å². The van der Waals surface area contributed by atoms with Gasteiger partial charge in [0.2, 0.25) is 6.41 Å². The summed E-state index contributed by atoms with van der Waals surface area (Å²) in [7, 11) is 1.67. The van der Waals surface area contributed by atoms with Gasteiger partial charge in [-0.05, 0) is 51.2 Å². The summed E-state index contributed by atoms with van der Waals surface area (Å²) in [5, 5.41) is 6.85. The summed E-state index contributed by atoms with van der Waals surface area (Å²) in [6.07, 6.45) is 4.93. The molecule has 0 saturated heterocycles. The fourth-order valence-electron chi connectivity index (χ4n) is 3.19. The lowest BCUT2D eigenvalue weighted by atomic mass is 10.00. The van der Waals surface area contributed by atoms with Gasteiger partial charge < -0.3 is 20.7 Å². The van der Waals surface area contributed by atoms with Gasteiger partial charge >= 0.3 is 5.97 Å². The van der Waals surface area contributed by atoms with Crippen molar-refractivity contribution in [3.8, 4) is 0 Å². The van der Waals surface area contributed by atoms with Gasteiger partial charge in [0.05, 0.1) is 30.7 Å². The molecule has 1 amide bonds. The number of nitrogens with two attached hydrogens (primary N) is 1. The maximum atomic E-state index is 11.6. The molecule has 1 unspecified atom stereocenters. The number of nitrogens with zero attached hydrogens (tertiary/aromatic N) is 2. The summed E-state index contributed by atoms with van der Waals surface area (Å²) in [6.45, 7) is 9.27. The minimum absolute atomic E-state index is 0.0528. The third-order valence-corrected chi connectivity index (χ3v) is 5.20. The zero-order valence-electron chi connectivity index (χ0n) is 22.4. The van der Waals surface area contributed by atoms with Crippen molar-refractivity contribution in [1.29, 1.82) is 0 Å². The number of amides is 1. The number of anilines is 1. The highest BCUT2D eigenvalue weighted by Crippen LogP contribution is 2.26. The fourth-order valence-corrected chi connectivity index (χ4v) is 3.36. The van der Waals surface area contributed by atoms with Gasteiger partial charge in [-0.15, -0.1) is 0 Å². The van der Waals surface area contributed by atoms with Crippen LogP contribution in [-0.2, 0) is 14.3 Å². The number of aliphatic imine (C=N–C) groups is 1. The van der Waals surface area contributed by atoms with Crippen molar-refractivity contribution in [3.63, 3.8) is 0 Å². The van der Waals surface area contributed by atoms with Gasteiger partial charge in [0.25, 0.3) is 0 Å². The first-order valence-corrected chi connectivity index (χ1v) is 12.7. The summed E-state index contributed by atoms with van der Waals surface area (Å²) < 4.78 is 4.93. The second-order valence-corrected chi connectivity index (χ2v) is 8.85. The van der Waals surface area contributed by atoms with Crippen molar-refractivity contribution in [1.82, 2.24) is 10.6 Å². The number of carbonyl (C=O) groups is 2. The summed E-state index contributed by atoms with van der Waals surface area (Å²) in [5.41, 5.74) is 8.07. The summed E-state index contributed by atoms with van der Waals surface area (Å²) in [6, 6.07) is 15.5. The van der Waals surface area contributed by atoms with Crippen LogP contribution in [0.3, 0.4) is 0 Å². The number of carbonyl (C=O) groups excluding carboxylic acids is 2. The average molecular weight is 530 g/mol. The molecule has 0 radical (unpaired) electrons.